The molecule has 1 aromatic carbocycles. The lowest BCUT2D eigenvalue weighted by Crippen LogP contribution is -2.44. The van der Waals surface area contributed by atoms with Crippen molar-refractivity contribution < 1.29 is 0 Å². The van der Waals surface area contributed by atoms with Gasteiger partial charge in [0, 0.05) is 43.8 Å². The van der Waals surface area contributed by atoms with Gasteiger partial charge in [-0.05, 0) is 53.3 Å². The molecule has 0 unspecified atom stereocenters. The molecule has 6 heteroatoms. The van der Waals surface area contributed by atoms with Gasteiger partial charge in [-0.25, -0.2) is 9.97 Å². The highest BCUT2D eigenvalue weighted by Gasteiger charge is 2.13. The van der Waals surface area contributed by atoms with Gasteiger partial charge in [-0.1, -0.05) is 0 Å². The van der Waals surface area contributed by atoms with Crippen molar-refractivity contribution in [3.8, 4) is 0 Å². The topological polar surface area (TPSA) is 44.3 Å². The van der Waals surface area contributed by atoms with Gasteiger partial charge in [0.15, 0.2) is 0 Å². The first-order chi connectivity index (χ1) is 10.2. The molecule has 1 N–H and O–H groups in total. The minimum atomic E-state index is 0.594. The third-order valence-electron chi connectivity index (χ3n) is 3.61. The lowest BCUT2D eigenvalue weighted by molar-refractivity contribution is 0.313. The van der Waals surface area contributed by atoms with Crippen molar-refractivity contribution in [3.05, 3.63) is 41.1 Å². The first kappa shape index (κ1) is 14.3. The molecule has 21 heavy (non-hydrogen) atoms. The van der Waals surface area contributed by atoms with E-state index in [1.165, 1.54) is 5.69 Å². The Morgan fingerprint density at radius 2 is 1.76 bits per heavy atom. The molecule has 5 nitrogen and oxygen atoms in total. The third-order valence-corrected chi connectivity index (χ3v) is 4.06. The lowest BCUT2D eigenvalue weighted by Gasteiger charge is -2.34. The van der Waals surface area contributed by atoms with Gasteiger partial charge in [0.2, 0.25) is 5.95 Å². The fourth-order valence-electron chi connectivity index (χ4n) is 2.35. The van der Waals surface area contributed by atoms with E-state index < -0.39 is 0 Å². The maximum atomic E-state index is 4.27. The molecular formula is C15H18BrN5. The smallest absolute Gasteiger partial charge is 0.228 e. The molecule has 0 atom stereocenters. The summed E-state index contributed by atoms with van der Waals surface area (Å²) in [6, 6.07) is 10.2. The number of hydrogen-bond donors (Lipinski definition) is 1. The van der Waals surface area contributed by atoms with Crippen LogP contribution in [0.15, 0.2) is 41.1 Å². The van der Waals surface area contributed by atoms with Crippen LogP contribution in [0.2, 0.25) is 0 Å². The number of halogens is 1. The number of rotatable bonds is 3. The van der Waals surface area contributed by atoms with E-state index in [1.807, 2.05) is 6.07 Å². The van der Waals surface area contributed by atoms with E-state index in [0.29, 0.717) is 5.95 Å². The van der Waals surface area contributed by atoms with Gasteiger partial charge in [0.05, 0.1) is 0 Å². The number of nitrogens with zero attached hydrogens (tertiary/aromatic N) is 4. The van der Waals surface area contributed by atoms with Gasteiger partial charge >= 0.3 is 0 Å². The van der Waals surface area contributed by atoms with Gasteiger partial charge in [-0.3, -0.25) is 0 Å². The molecule has 0 spiro atoms. The standard InChI is InChI=1S/C15H18BrN5/c1-20-8-10-21(11-9-20)13-4-2-12(3-5-13)18-15-17-7-6-14(16)19-15/h2-7H,8-11H2,1H3,(H,17,18,19). The SMILES string of the molecule is CN1CCN(c2ccc(Nc3nccc(Br)n3)cc2)CC1. The van der Waals surface area contributed by atoms with Crippen LogP contribution >= 0.6 is 15.9 Å². The predicted molar refractivity (Wildman–Crippen MR) is 89.2 cm³/mol. The first-order valence-electron chi connectivity index (χ1n) is 7.00. The van der Waals surface area contributed by atoms with Crippen LogP contribution in [0.1, 0.15) is 0 Å². The number of benzene rings is 1. The molecule has 0 radical (unpaired) electrons. The molecular weight excluding hydrogens is 330 g/mol. The number of nitrogens with one attached hydrogen (secondary N) is 1. The molecule has 110 valence electrons. The summed E-state index contributed by atoms with van der Waals surface area (Å²) < 4.78 is 0.772. The van der Waals surface area contributed by atoms with Gasteiger partial charge in [0.25, 0.3) is 0 Å². The highest BCUT2D eigenvalue weighted by Crippen LogP contribution is 2.21. The molecule has 1 aromatic heterocycles. The number of piperazine rings is 1. The normalized spacial score (nSPS) is 16.0. The zero-order chi connectivity index (χ0) is 14.7. The zero-order valence-electron chi connectivity index (χ0n) is 12.0. The largest absolute Gasteiger partial charge is 0.369 e. The summed E-state index contributed by atoms with van der Waals surface area (Å²) in [5, 5.41) is 3.20. The van der Waals surface area contributed by atoms with Crippen LogP contribution in [0.25, 0.3) is 0 Å². The predicted octanol–water partition coefficient (Wildman–Crippen LogP) is 2.73. The summed E-state index contributed by atoms with van der Waals surface area (Å²) in [7, 11) is 2.17. The van der Waals surface area contributed by atoms with E-state index >= 15 is 0 Å². The molecule has 1 aliphatic heterocycles. The maximum absolute atomic E-state index is 4.27. The van der Waals surface area contributed by atoms with Gasteiger partial charge < -0.3 is 15.1 Å². The van der Waals surface area contributed by atoms with Crippen molar-refractivity contribution in [1.29, 1.82) is 0 Å². The van der Waals surface area contributed by atoms with E-state index in [1.54, 1.807) is 6.20 Å². The number of hydrogen-bond acceptors (Lipinski definition) is 5. The Bertz CT molecular complexity index is 593. The Kier molecular flexibility index (Phi) is 4.36. The average molecular weight is 348 g/mol. The minimum absolute atomic E-state index is 0.594. The molecule has 1 saturated heterocycles. The molecule has 1 aliphatic rings. The Balaban J connectivity index is 1.66. The van der Waals surface area contributed by atoms with Crippen molar-refractivity contribution in [2.75, 3.05) is 43.4 Å². The molecule has 2 heterocycles. The van der Waals surface area contributed by atoms with E-state index in [4.69, 9.17) is 0 Å². The quantitative estimate of drug-likeness (QED) is 0.865. The van der Waals surface area contributed by atoms with Crippen LogP contribution in [0, 0.1) is 0 Å². The Morgan fingerprint density at radius 3 is 2.43 bits per heavy atom. The van der Waals surface area contributed by atoms with Crippen LogP contribution in [-0.4, -0.2) is 48.1 Å². The summed E-state index contributed by atoms with van der Waals surface area (Å²) >= 11 is 3.34. The van der Waals surface area contributed by atoms with E-state index in [9.17, 15) is 0 Å². The summed E-state index contributed by atoms with van der Waals surface area (Å²) in [5.41, 5.74) is 2.26. The lowest BCUT2D eigenvalue weighted by atomic mass is 10.2. The summed E-state index contributed by atoms with van der Waals surface area (Å²) in [6.45, 7) is 4.40. The number of aromatic nitrogens is 2. The zero-order valence-corrected chi connectivity index (χ0v) is 13.5. The molecule has 0 saturated carbocycles. The second-order valence-corrected chi connectivity index (χ2v) is 5.98. The summed E-state index contributed by atoms with van der Waals surface area (Å²) in [4.78, 5) is 13.2. The number of anilines is 3. The van der Waals surface area contributed by atoms with Crippen LogP contribution in [0.3, 0.4) is 0 Å². The summed E-state index contributed by atoms with van der Waals surface area (Å²) in [5.74, 6) is 0.594. The monoisotopic (exact) mass is 347 g/mol. The van der Waals surface area contributed by atoms with Gasteiger partial charge in [-0.2, -0.15) is 0 Å². The van der Waals surface area contributed by atoms with E-state index in [2.05, 4.69) is 72.3 Å². The summed E-state index contributed by atoms with van der Waals surface area (Å²) in [6.07, 6.45) is 1.72. The van der Waals surface area contributed by atoms with Crippen molar-refractivity contribution in [2.24, 2.45) is 0 Å². The van der Waals surface area contributed by atoms with E-state index in [-0.39, 0.29) is 0 Å². The maximum Gasteiger partial charge on any atom is 0.228 e. The van der Waals surface area contributed by atoms with Gasteiger partial charge in [-0.15, -0.1) is 0 Å². The van der Waals surface area contributed by atoms with Crippen LogP contribution in [0.5, 0.6) is 0 Å². The van der Waals surface area contributed by atoms with Crippen molar-refractivity contribution in [1.82, 2.24) is 14.9 Å². The minimum Gasteiger partial charge on any atom is -0.369 e. The number of likely N-dealkylation sites (N-methyl/N-ethyl adjacent to an activating group) is 1. The average Bonchev–Trinajstić information content (AvgIpc) is 2.49. The van der Waals surface area contributed by atoms with E-state index in [0.717, 1.165) is 36.5 Å². The second kappa shape index (κ2) is 6.41. The van der Waals surface area contributed by atoms with Crippen LogP contribution in [0.4, 0.5) is 17.3 Å². The molecule has 2 aromatic rings. The Morgan fingerprint density at radius 1 is 1.05 bits per heavy atom. The molecule has 0 amide bonds. The molecule has 3 rings (SSSR count). The highest BCUT2D eigenvalue weighted by atomic mass is 79.9. The molecule has 1 fully saturated rings. The van der Waals surface area contributed by atoms with Gasteiger partial charge in [0.1, 0.15) is 4.60 Å². The van der Waals surface area contributed by atoms with Crippen LogP contribution in [-0.2, 0) is 0 Å². The second-order valence-electron chi connectivity index (χ2n) is 5.17. The van der Waals surface area contributed by atoms with Crippen LogP contribution < -0.4 is 10.2 Å². The molecule has 0 aliphatic carbocycles. The van der Waals surface area contributed by atoms with Crippen molar-refractivity contribution >= 4 is 33.3 Å². The molecule has 0 bridgehead atoms. The Hall–Kier alpha value is -1.66. The Labute approximate surface area is 133 Å². The first-order valence-corrected chi connectivity index (χ1v) is 7.79. The highest BCUT2D eigenvalue weighted by molar-refractivity contribution is 9.10. The fourth-order valence-corrected chi connectivity index (χ4v) is 2.63. The third kappa shape index (κ3) is 3.71. The fraction of sp³-hybridized carbons (Fsp3) is 0.333. The van der Waals surface area contributed by atoms with Crippen molar-refractivity contribution in [2.45, 2.75) is 0 Å². The van der Waals surface area contributed by atoms with Crippen molar-refractivity contribution in [3.63, 3.8) is 0 Å².